The van der Waals surface area contributed by atoms with Gasteiger partial charge in [-0.2, -0.15) is 0 Å². The second kappa shape index (κ2) is 12.1. The van der Waals surface area contributed by atoms with E-state index < -0.39 is 0 Å². The van der Waals surface area contributed by atoms with Crippen LogP contribution >= 0.6 is 0 Å². The van der Waals surface area contributed by atoms with Crippen LogP contribution in [0.5, 0.6) is 0 Å². The van der Waals surface area contributed by atoms with Crippen molar-refractivity contribution < 1.29 is 4.42 Å². The molecule has 1 spiro atoms. The number of fused-ring (bicyclic) bond motifs is 16. The van der Waals surface area contributed by atoms with Gasteiger partial charge >= 0.3 is 0 Å². The van der Waals surface area contributed by atoms with Crippen LogP contribution in [0.25, 0.3) is 66.4 Å². The molecule has 1 aromatic heterocycles. The van der Waals surface area contributed by atoms with E-state index in [2.05, 4.69) is 213 Å². The highest BCUT2D eigenvalue weighted by molar-refractivity contribution is 6.09. The molecule has 0 atom stereocenters. The highest BCUT2D eigenvalue weighted by Gasteiger charge is 2.51. The maximum atomic E-state index is 6.49. The summed E-state index contributed by atoms with van der Waals surface area (Å²) < 4.78 is 6.49. The van der Waals surface area contributed by atoms with Crippen LogP contribution in [-0.2, 0) is 10.8 Å². The van der Waals surface area contributed by atoms with E-state index in [4.69, 9.17) is 4.42 Å². The molecule has 1 heterocycles. The zero-order valence-corrected chi connectivity index (χ0v) is 33.4. The van der Waals surface area contributed by atoms with E-state index >= 15 is 0 Å². The molecule has 282 valence electrons. The van der Waals surface area contributed by atoms with Gasteiger partial charge in [-0.05, 0) is 115 Å². The number of para-hydroxylation sites is 2. The van der Waals surface area contributed by atoms with E-state index in [0.29, 0.717) is 0 Å². The van der Waals surface area contributed by atoms with Crippen molar-refractivity contribution in [3.8, 4) is 44.5 Å². The van der Waals surface area contributed by atoms with Crippen molar-refractivity contribution in [3.05, 3.63) is 234 Å². The van der Waals surface area contributed by atoms with Gasteiger partial charge < -0.3 is 9.32 Å². The molecule has 60 heavy (non-hydrogen) atoms. The van der Waals surface area contributed by atoms with Gasteiger partial charge in [0, 0.05) is 38.8 Å². The predicted octanol–water partition coefficient (Wildman–Crippen LogP) is 15.4. The van der Waals surface area contributed by atoms with E-state index in [1.807, 2.05) is 6.07 Å². The van der Waals surface area contributed by atoms with Gasteiger partial charge in [0.05, 0.1) is 5.41 Å². The highest BCUT2D eigenvalue weighted by atomic mass is 16.3. The summed E-state index contributed by atoms with van der Waals surface area (Å²) in [6.07, 6.45) is 0. The van der Waals surface area contributed by atoms with Crippen molar-refractivity contribution >= 4 is 39.0 Å². The van der Waals surface area contributed by atoms with E-state index in [0.717, 1.165) is 50.1 Å². The summed E-state index contributed by atoms with van der Waals surface area (Å²) in [5.41, 5.74) is 22.9. The molecule has 0 radical (unpaired) electrons. The Balaban J connectivity index is 1.01. The van der Waals surface area contributed by atoms with Crippen molar-refractivity contribution in [2.45, 2.75) is 24.7 Å². The minimum Gasteiger partial charge on any atom is -0.455 e. The first-order valence-corrected chi connectivity index (χ1v) is 21.0. The first-order chi connectivity index (χ1) is 29.5. The molecule has 0 fully saturated rings. The molecule has 0 aliphatic heterocycles. The van der Waals surface area contributed by atoms with Gasteiger partial charge in [0.25, 0.3) is 0 Å². The summed E-state index contributed by atoms with van der Waals surface area (Å²) in [6.45, 7) is 4.73. The molecule has 0 bridgehead atoms. The summed E-state index contributed by atoms with van der Waals surface area (Å²) in [5.74, 6) is 0. The molecule has 3 aliphatic carbocycles. The van der Waals surface area contributed by atoms with Crippen LogP contribution in [-0.4, -0.2) is 0 Å². The van der Waals surface area contributed by atoms with Crippen molar-refractivity contribution in [2.75, 3.05) is 4.90 Å². The Morgan fingerprint density at radius 3 is 1.53 bits per heavy atom. The van der Waals surface area contributed by atoms with Crippen LogP contribution in [0.3, 0.4) is 0 Å². The molecule has 2 nitrogen and oxygen atoms in total. The van der Waals surface area contributed by atoms with Crippen molar-refractivity contribution in [2.24, 2.45) is 0 Å². The van der Waals surface area contributed by atoms with E-state index in [1.165, 1.54) is 66.8 Å². The van der Waals surface area contributed by atoms with Crippen LogP contribution in [0.2, 0.25) is 0 Å². The fourth-order valence-electron chi connectivity index (χ4n) is 11.3. The van der Waals surface area contributed by atoms with Gasteiger partial charge in [0.2, 0.25) is 0 Å². The van der Waals surface area contributed by atoms with Crippen molar-refractivity contribution in [1.82, 2.24) is 0 Å². The largest absolute Gasteiger partial charge is 0.455 e. The molecular formula is C58H39NO. The summed E-state index contributed by atoms with van der Waals surface area (Å²) in [6, 6.07) is 74.2. The Morgan fingerprint density at radius 1 is 0.350 bits per heavy atom. The third-order valence-corrected chi connectivity index (χ3v) is 13.9. The summed E-state index contributed by atoms with van der Waals surface area (Å²) in [4.78, 5) is 2.45. The Morgan fingerprint density at radius 2 is 0.833 bits per heavy atom. The number of furan rings is 1. The van der Waals surface area contributed by atoms with Crippen LogP contribution in [0.1, 0.15) is 47.2 Å². The minimum atomic E-state index is -0.384. The average molecular weight is 766 g/mol. The molecule has 10 aromatic rings. The first-order valence-electron chi connectivity index (χ1n) is 21.0. The maximum absolute atomic E-state index is 6.49. The Kier molecular flexibility index (Phi) is 6.74. The monoisotopic (exact) mass is 765 g/mol. The Hall–Kier alpha value is -7.42. The molecule has 13 rings (SSSR count). The van der Waals surface area contributed by atoms with Gasteiger partial charge in [0.1, 0.15) is 11.2 Å². The smallest absolute Gasteiger partial charge is 0.143 e. The van der Waals surface area contributed by atoms with E-state index in [9.17, 15) is 0 Å². The zero-order valence-electron chi connectivity index (χ0n) is 33.4. The third-order valence-electron chi connectivity index (χ3n) is 13.9. The van der Waals surface area contributed by atoms with Crippen molar-refractivity contribution in [3.63, 3.8) is 0 Å². The second-order valence-corrected chi connectivity index (χ2v) is 17.2. The fourth-order valence-corrected chi connectivity index (χ4v) is 11.3. The molecule has 0 amide bonds. The van der Waals surface area contributed by atoms with E-state index in [1.54, 1.807) is 0 Å². The number of nitrogens with zero attached hydrogens (tertiary/aromatic N) is 1. The third kappa shape index (κ3) is 4.32. The van der Waals surface area contributed by atoms with Crippen LogP contribution in [0, 0.1) is 0 Å². The quantitative estimate of drug-likeness (QED) is 0.177. The molecule has 3 aliphatic rings. The lowest BCUT2D eigenvalue weighted by Crippen LogP contribution is -2.25. The zero-order chi connectivity index (χ0) is 39.7. The first kappa shape index (κ1) is 33.5. The van der Waals surface area contributed by atoms with Gasteiger partial charge in [-0.25, -0.2) is 0 Å². The summed E-state index contributed by atoms with van der Waals surface area (Å²) in [7, 11) is 0. The van der Waals surface area contributed by atoms with E-state index in [-0.39, 0.29) is 10.8 Å². The number of hydrogen-bond acceptors (Lipinski definition) is 2. The molecule has 0 unspecified atom stereocenters. The average Bonchev–Trinajstić information content (AvgIpc) is 3.99. The Bertz CT molecular complexity index is 3370. The number of benzene rings is 9. The summed E-state index contributed by atoms with van der Waals surface area (Å²) >= 11 is 0. The van der Waals surface area contributed by atoms with Gasteiger partial charge in [-0.1, -0.05) is 172 Å². The molecule has 0 saturated carbocycles. The van der Waals surface area contributed by atoms with Crippen molar-refractivity contribution in [1.29, 1.82) is 0 Å². The molecule has 9 aromatic carbocycles. The lowest BCUT2D eigenvalue weighted by atomic mass is 9.70. The molecule has 0 N–H and O–H groups in total. The molecular weight excluding hydrogens is 727 g/mol. The second-order valence-electron chi connectivity index (χ2n) is 17.2. The standard InChI is InChI=1S/C58H39NO/c1-57(2)49-21-8-3-14-41(49)45-32-30-39(35-54(45)57)59(37-28-26-36(27-29-37)40-19-13-20-47-46-18-7-12-25-55(46)60-56(40)47)38-31-33-53-48(34-38)44-17-6-11-24-52(44)58(53)50-22-9-4-15-42(50)43-16-5-10-23-51(43)58/h3-35H,1-2H3. The SMILES string of the molecule is CC1(C)c2ccccc2-c2ccc(N(c3ccc(-c4cccc5c4oc4ccccc45)cc3)c3ccc4c(c3)-c3ccccc3C43c4ccccc4-c4ccccc43)cc21. The van der Waals surface area contributed by atoms with Crippen LogP contribution in [0.15, 0.2) is 205 Å². The van der Waals surface area contributed by atoms with Crippen LogP contribution in [0.4, 0.5) is 17.1 Å². The van der Waals surface area contributed by atoms with Gasteiger partial charge in [0.15, 0.2) is 0 Å². The number of hydrogen-bond donors (Lipinski definition) is 0. The van der Waals surface area contributed by atoms with Gasteiger partial charge in [-0.3, -0.25) is 0 Å². The maximum Gasteiger partial charge on any atom is 0.143 e. The van der Waals surface area contributed by atoms with Gasteiger partial charge in [-0.15, -0.1) is 0 Å². The molecule has 2 heteroatoms. The normalized spacial score (nSPS) is 14.4. The minimum absolute atomic E-state index is 0.130. The highest BCUT2D eigenvalue weighted by Crippen LogP contribution is 2.63. The Labute approximate surface area is 349 Å². The lowest BCUT2D eigenvalue weighted by molar-refractivity contribution is 0.660. The lowest BCUT2D eigenvalue weighted by Gasteiger charge is -2.31. The molecule has 0 saturated heterocycles. The topological polar surface area (TPSA) is 16.4 Å². The number of anilines is 3. The fraction of sp³-hybridized carbons (Fsp3) is 0.0690. The number of rotatable bonds is 4. The summed E-state index contributed by atoms with van der Waals surface area (Å²) in [5, 5.41) is 2.28. The van der Waals surface area contributed by atoms with Crippen LogP contribution < -0.4 is 4.90 Å². The predicted molar refractivity (Wildman–Crippen MR) is 248 cm³/mol.